The van der Waals surface area contributed by atoms with E-state index < -0.39 is 12.0 Å². The molecule has 114 valence electrons. The molecule has 0 aromatic carbocycles. The highest BCUT2D eigenvalue weighted by Crippen LogP contribution is 2.25. The summed E-state index contributed by atoms with van der Waals surface area (Å²) in [6, 6.07) is 2.20. The first-order chi connectivity index (χ1) is 9.81. The molecule has 2 rings (SSSR count). The number of hydrogen-bond acceptors (Lipinski definition) is 5. The molecule has 2 aromatic rings. The Hall–Kier alpha value is -2.28. The van der Waals surface area contributed by atoms with Gasteiger partial charge in [0.1, 0.15) is 11.6 Å². The Morgan fingerprint density at radius 2 is 2.19 bits per heavy atom. The van der Waals surface area contributed by atoms with E-state index in [-0.39, 0.29) is 17.8 Å². The molecule has 7 heteroatoms. The standard InChI is InChI=1S/C14H19N3O4/c1-14(2,3)10-5-11(17-16-10)15-12(13(19)20)9-4-8(6-18)7-21-9/h4-5,7,12,18H,6H2,1-3H3,(H,19,20)(H2,15,16,17). The number of H-pyrrole nitrogens is 1. The molecule has 0 aliphatic heterocycles. The van der Waals surface area contributed by atoms with Crippen LogP contribution in [0.1, 0.15) is 43.8 Å². The molecule has 1 atom stereocenters. The number of nitrogens with one attached hydrogen (secondary N) is 2. The van der Waals surface area contributed by atoms with Crippen LogP contribution in [0.2, 0.25) is 0 Å². The fourth-order valence-electron chi connectivity index (χ4n) is 1.81. The third-order valence-corrected chi connectivity index (χ3v) is 3.07. The first-order valence-electron chi connectivity index (χ1n) is 6.54. The van der Waals surface area contributed by atoms with Crippen LogP contribution in [-0.2, 0) is 16.8 Å². The first kappa shape index (κ1) is 15.1. The van der Waals surface area contributed by atoms with Crippen LogP contribution in [0.4, 0.5) is 5.82 Å². The molecule has 0 radical (unpaired) electrons. The molecule has 0 spiro atoms. The van der Waals surface area contributed by atoms with Gasteiger partial charge in [-0.2, -0.15) is 5.10 Å². The molecule has 0 amide bonds. The van der Waals surface area contributed by atoms with E-state index in [1.54, 1.807) is 6.07 Å². The summed E-state index contributed by atoms with van der Waals surface area (Å²) >= 11 is 0. The van der Waals surface area contributed by atoms with E-state index in [2.05, 4.69) is 15.5 Å². The van der Waals surface area contributed by atoms with Gasteiger partial charge in [0.2, 0.25) is 0 Å². The van der Waals surface area contributed by atoms with Gasteiger partial charge in [-0.05, 0) is 6.07 Å². The number of aromatic nitrogens is 2. The molecule has 0 saturated carbocycles. The van der Waals surface area contributed by atoms with E-state index in [0.29, 0.717) is 11.4 Å². The SMILES string of the molecule is CC(C)(C)c1cc(NC(C(=O)O)c2cc(CO)co2)n[nH]1. The molecule has 1 unspecified atom stereocenters. The third kappa shape index (κ3) is 3.43. The lowest BCUT2D eigenvalue weighted by atomic mass is 9.92. The molecule has 2 aromatic heterocycles. The predicted octanol–water partition coefficient (Wildman–Crippen LogP) is 2.03. The van der Waals surface area contributed by atoms with Gasteiger partial charge in [0.05, 0.1) is 12.9 Å². The summed E-state index contributed by atoms with van der Waals surface area (Å²) in [7, 11) is 0. The quantitative estimate of drug-likeness (QED) is 0.671. The van der Waals surface area contributed by atoms with Crippen LogP contribution in [0.5, 0.6) is 0 Å². The number of rotatable bonds is 5. The minimum Gasteiger partial charge on any atom is -0.479 e. The molecular formula is C14H19N3O4. The van der Waals surface area contributed by atoms with Crippen molar-refractivity contribution in [2.45, 2.75) is 38.8 Å². The zero-order valence-corrected chi connectivity index (χ0v) is 12.2. The molecule has 0 saturated heterocycles. The van der Waals surface area contributed by atoms with Crippen LogP contribution < -0.4 is 5.32 Å². The van der Waals surface area contributed by atoms with Gasteiger partial charge in [0.15, 0.2) is 6.04 Å². The highest BCUT2D eigenvalue weighted by molar-refractivity contribution is 5.78. The van der Waals surface area contributed by atoms with Gasteiger partial charge in [0, 0.05) is 22.7 Å². The monoisotopic (exact) mass is 293 g/mol. The number of aliphatic carboxylic acids is 1. The number of aromatic amines is 1. The highest BCUT2D eigenvalue weighted by Gasteiger charge is 2.25. The second kappa shape index (κ2) is 5.61. The lowest BCUT2D eigenvalue weighted by Crippen LogP contribution is -2.20. The smallest absolute Gasteiger partial charge is 0.334 e. The van der Waals surface area contributed by atoms with Gasteiger partial charge in [-0.25, -0.2) is 4.79 Å². The van der Waals surface area contributed by atoms with Gasteiger partial charge in [-0.1, -0.05) is 20.8 Å². The summed E-state index contributed by atoms with van der Waals surface area (Å²) in [5.41, 5.74) is 1.31. The van der Waals surface area contributed by atoms with Gasteiger partial charge >= 0.3 is 5.97 Å². The van der Waals surface area contributed by atoms with E-state index >= 15 is 0 Å². The molecule has 2 heterocycles. The van der Waals surface area contributed by atoms with Crippen LogP contribution in [0, 0.1) is 0 Å². The van der Waals surface area contributed by atoms with Crippen LogP contribution in [0.25, 0.3) is 0 Å². The van der Waals surface area contributed by atoms with Gasteiger partial charge in [0.25, 0.3) is 0 Å². The van der Waals surface area contributed by atoms with E-state index in [4.69, 9.17) is 9.52 Å². The van der Waals surface area contributed by atoms with Gasteiger partial charge in [-0.15, -0.1) is 0 Å². The predicted molar refractivity (Wildman–Crippen MR) is 75.9 cm³/mol. The lowest BCUT2D eigenvalue weighted by molar-refractivity contribution is -0.138. The summed E-state index contributed by atoms with van der Waals surface area (Å²) in [6.07, 6.45) is 1.33. The number of aliphatic hydroxyl groups excluding tert-OH is 1. The Labute approximate surface area is 122 Å². The van der Waals surface area contributed by atoms with Crippen molar-refractivity contribution in [2.75, 3.05) is 5.32 Å². The van der Waals surface area contributed by atoms with Crippen molar-refractivity contribution in [3.63, 3.8) is 0 Å². The fourth-order valence-corrected chi connectivity index (χ4v) is 1.81. The summed E-state index contributed by atoms with van der Waals surface area (Å²) in [5.74, 6) is -0.449. The van der Waals surface area contributed by atoms with Gasteiger partial charge < -0.3 is 19.9 Å². The van der Waals surface area contributed by atoms with Crippen molar-refractivity contribution in [1.82, 2.24) is 10.2 Å². The summed E-state index contributed by atoms with van der Waals surface area (Å²) in [4.78, 5) is 11.4. The van der Waals surface area contributed by atoms with Crippen molar-refractivity contribution in [3.05, 3.63) is 35.4 Å². The van der Waals surface area contributed by atoms with Crippen LogP contribution in [0.3, 0.4) is 0 Å². The molecule has 0 fully saturated rings. The number of furan rings is 1. The first-order valence-corrected chi connectivity index (χ1v) is 6.54. The minimum atomic E-state index is -1.09. The van der Waals surface area contributed by atoms with Crippen molar-refractivity contribution in [1.29, 1.82) is 0 Å². The maximum Gasteiger partial charge on any atom is 0.334 e. The maximum absolute atomic E-state index is 11.4. The van der Waals surface area contributed by atoms with E-state index in [1.807, 2.05) is 20.8 Å². The number of nitrogens with zero attached hydrogens (tertiary/aromatic N) is 1. The van der Waals surface area contributed by atoms with Crippen molar-refractivity contribution >= 4 is 11.8 Å². The van der Waals surface area contributed by atoms with Crippen molar-refractivity contribution in [2.24, 2.45) is 0 Å². The fraction of sp³-hybridized carbons (Fsp3) is 0.429. The highest BCUT2D eigenvalue weighted by atomic mass is 16.4. The Balaban J connectivity index is 2.20. The summed E-state index contributed by atoms with van der Waals surface area (Å²) in [5, 5.41) is 28.1. The Bertz CT molecular complexity index is 624. The van der Waals surface area contributed by atoms with E-state index in [1.165, 1.54) is 12.3 Å². The number of aliphatic hydroxyl groups is 1. The van der Waals surface area contributed by atoms with Crippen LogP contribution in [0.15, 0.2) is 22.8 Å². The van der Waals surface area contributed by atoms with Crippen LogP contribution in [-0.4, -0.2) is 26.4 Å². The maximum atomic E-state index is 11.4. The Morgan fingerprint density at radius 3 is 2.67 bits per heavy atom. The van der Waals surface area contributed by atoms with E-state index in [9.17, 15) is 9.90 Å². The number of carboxylic acids is 1. The molecule has 4 N–H and O–H groups in total. The average molecular weight is 293 g/mol. The number of carbonyl (C=O) groups is 1. The van der Waals surface area contributed by atoms with Crippen LogP contribution >= 0.6 is 0 Å². The second-order valence-corrected chi connectivity index (χ2v) is 5.85. The molecule has 21 heavy (non-hydrogen) atoms. The topological polar surface area (TPSA) is 111 Å². The molecular weight excluding hydrogens is 274 g/mol. The number of anilines is 1. The zero-order chi connectivity index (χ0) is 15.6. The summed E-state index contributed by atoms with van der Waals surface area (Å²) < 4.78 is 5.18. The average Bonchev–Trinajstić information content (AvgIpc) is 3.03. The molecule has 0 aliphatic rings. The van der Waals surface area contributed by atoms with Crippen molar-refractivity contribution < 1.29 is 19.4 Å². The zero-order valence-electron chi connectivity index (χ0n) is 12.2. The van der Waals surface area contributed by atoms with E-state index in [0.717, 1.165) is 5.69 Å². The second-order valence-electron chi connectivity index (χ2n) is 5.85. The van der Waals surface area contributed by atoms with Gasteiger partial charge in [-0.3, -0.25) is 5.10 Å². The lowest BCUT2D eigenvalue weighted by Gasteiger charge is -2.15. The third-order valence-electron chi connectivity index (χ3n) is 3.07. The number of hydrogen-bond donors (Lipinski definition) is 4. The Kier molecular flexibility index (Phi) is 4.04. The number of carboxylic acid groups (broad SMARTS) is 1. The minimum absolute atomic E-state index is 0.111. The largest absolute Gasteiger partial charge is 0.479 e. The molecule has 7 nitrogen and oxygen atoms in total. The van der Waals surface area contributed by atoms with Crippen molar-refractivity contribution in [3.8, 4) is 0 Å². The summed E-state index contributed by atoms with van der Waals surface area (Å²) in [6.45, 7) is 5.88. The molecule has 0 bridgehead atoms. The Morgan fingerprint density at radius 1 is 1.48 bits per heavy atom. The normalized spacial score (nSPS) is 13.1. The molecule has 0 aliphatic carbocycles.